The minimum absolute atomic E-state index is 0.0650. The number of aliphatic imine (C=N–C) groups is 1. The van der Waals surface area contributed by atoms with Gasteiger partial charge >= 0.3 is 5.69 Å². The van der Waals surface area contributed by atoms with Crippen LogP contribution in [0.15, 0.2) is 70.7 Å². The summed E-state index contributed by atoms with van der Waals surface area (Å²) in [5.41, 5.74) is 6.96. The number of likely N-dealkylation sites (tertiary alicyclic amines) is 1. The maximum atomic E-state index is 13.8. The van der Waals surface area contributed by atoms with Gasteiger partial charge in [-0.25, -0.2) is 14.0 Å². The monoisotopic (exact) mass is 953 g/mol. The lowest BCUT2D eigenvalue weighted by atomic mass is 9.91. The number of nitrogens with one attached hydrogen (secondary N) is 2. The highest BCUT2D eigenvalue weighted by Crippen LogP contribution is 2.37. The SMILES string of the molecule is CN=Cc1cnn2c(-c3cc(NC(C)C)c(-c4nnc(N5CCN(C(=O)C6CCN(CC7CCN(c8ccc(-c9nn(C%10CCC(=O)NC%10=O)c(=O)n9C)cc8)CC7)CC6)CC5)s4)cn3)ccc2c1. The number of aromatic nitrogens is 8. The molecule has 0 radical (unpaired) electrons. The molecule has 69 heavy (non-hydrogen) atoms. The molecule has 20 heteroatoms. The van der Waals surface area contributed by atoms with Crippen molar-refractivity contribution in [1.29, 1.82) is 0 Å². The van der Waals surface area contributed by atoms with Gasteiger partial charge < -0.3 is 24.9 Å². The van der Waals surface area contributed by atoms with E-state index in [-0.39, 0.29) is 42.3 Å². The number of anilines is 3. The largest absolute Gasteiger partial charge is 0.382 e. The van der Waals surface area contributed by atoms with Gasteiger partial charge in [0.05, 0.1) is 28.7 Å². The molecule has 19 nitrogen and oxygen atoms in total. The molecule has 6 aromatic rings. The first kappa shape index (κ1) is 46.0. The quantitative estimate of drug-likeness (QED) is 0.128. The molecule has 4 aliphatic rings. The molecular formula is C49H59N15O4S. The number of hydrogen-bond acceptors (Lipinski definition) is 15. The van der Waals surface area contributed by atoms with Crippen molar-refractivity contribution in [2.24, 2.45) is 23.9 Å². The minimum atomic E-state index is -0.799. The van der Waals surface area contributed by atoms with Crippen LogP contribution >= 0.6 is 11.3 Å². The Balaban J connectivity index is 0.679. The van der Waals surface area contributed by atoms with Crippen LogP contribution in [0.5, 0.6) is 0 Å². The molecule has 10 rings (SSSR count). The molecular weight excluding hydrogens is 895 g/mol. The van der Waals surface area contributed by atoms with Crippen molar-refractivity contribution in [2.45, 2.75) is 64.5 Å². The van der Waals surface area contributed by atoms with E-state index >= 15 is 0 Å². The first-order valence-corrected chi connectivity index (χ1v) is 24.9. The standard InChI is InChI=1S/C49H59N15O4S/c1-31(2)53-39-26-40(41-10-9-37-25-33(27-50-3)28-52-63(37)41)51-29-38(39)46-55-56-48(69-46)62-23-21-61(22-24-62)47(67)35-15-17-59(18-16-35)30-32-13-19-60(20-14-32)36-7-5-34(6-8-36)44-57-64(49(68)58(44)4)42-11-12-43(65)54-45(42)66/h5-10,25-29,31-32,35,42H,11-24,30H2,1-4H3,(H,51,53)(H,54,65,66). The van der Waals surface area contributed by atoms with Gasteiger partial charge in [0, 0.05) is 113 Å². The zero-order valence-corrected chi connectivity index (χ0v) is 40.4. The first-order valence-electron chi connectivity index (χ1n) is 24.1. The van der Waals surface area contributed by atoms with Gasteiger partial charge in [0.1, 0.15) is 6.04 Å². The third-order valence-electron chi connectivity index (χ3n) is 14.0. The molecule has 3 amide bonds. The molecule has 1 atom stereocenters. The Morgan fingerprint density at radius 2 is 1.67 bits per heavy atom. The van der Waals surface area contributed by atoms with Crippen LogP contribution < -0.4 is 26.1 Å². The van der Waals surface area contributed by atoms with Gasteiger partial charge in [-0.1, -0.05) is 11.3 Å². The summed E-state index contributed by atoms with van der Waals surface area (Å²) >= 11 is 1.56. The molecule has 2 N–H and O–H groups in total. The third-order valence-corrected chi connectivity index (χ3v) is 15.0. The molecule has 360 valence electrons. The minimum Gasteiger partial charge on any atom is -0.382 e. The molecule has 0 aliphatic carbocycles. The summed E-state index contributed by atoms with van der Waals surface area (Å²) in [5, 5.41) is 26.0. The lowest BCUT2D eigenvalue weighted by molar-refractivity contribution is -0.138. The molecule has 0 saturated carbocycles. The number of carbonyl (C=O) groups excluding carboxylic acids is 3. The van der Waals surface area contributed by atoms with Crippen molar-refractivity contribution < 1.29 is 14.4 Å². The number of benzene rings is 1. The fraction of sp³-hybridized carbons (Fsp3) is 0.469. The van der Waals surface area contributed by atoms with Crippen LogP contribution in [0.2, 0.25) is 0 Å². The highest BCUT2D eigenvalue weighted by Gasteiger charge is 2.34. The molecule has 9 heterocycles. The molecule has 4 aliphatic heterocycles. The van der Waals surface area contributed by atoms with E-state index < -0.39 is 11.9 Å². The van der Waals surface area contributed by atoms with E-state index in [9.17, 15) is 19.2 Å². The van der Waals surface area contributed by atoms with Gasteiger partial charge in [-0.05, 0) is 113 Å². The zero-order chi connectivity index (χ0) is 47.8. The van der Waals surface area contributed by atoms with Crippen LogP contribution in [0.3, 0.4) is 0 Å². The summed E-state index contributed by atoms with van der Waals surface area (Å²) < 4.78 is 4.54. The number of imide groups is 1. The molecule has 4 saturated heterocycles. The van der Waals surface area contributed by atoms with E-state index in [1.807, 2.05) is 41.0 Å². The van der Waals surface area contributed by atoms with E-state index in [4.69, 9.17) is 4.98 Å². The number of pyridine rings is 1. The highest BCUT2D eigenvalue weighted by molar-refractivity contribution is 7.18. The Bertz CT molecular complexity index is 2930. The maximum absolute atomic E-state index is 13.8. The number of hydrogen-bond donors (Lipinski definition) is 2. The smallest absolute Gasteiger partial charge is 0.346 e. The average molecular weight is 954 g/mol. The van der Waals surface area contributed by atoms with E-state index in [0.29, 0.717) is 24.8 Å². The predicted molar refractivity (Wildman–Crippen MR) is 267 cm³/mol. The molecule has 5 aromatic heterocycles. The van der Waals surface area contributed by atoms with Crippen molar-refractivity contribution in [1.82, 2.24) is 54.3 Å². The fourth-order valence-electron chi connectivity index (χ4n) is 10.2. The predicted octanol–water partition coefficient (Wildman–Crippen LogP) is 4.60. The molecule has 0 spiro atoms. The Labute approximate surface area is 404 Å². The Morgan fingerprint density at radius 1 is 0.899 bits per heavy atom. The number of nitrogens with zero attached hydrogens (tertiary/aromatic N) is 13. The maximum Gasteiger partial charge on any atom is 0.346 e. The first-order chi connectivity index (χ1) is 33.5. The van der Waals surface area contributed by atoms with E-state index in [1.54, 1.807) is 37.8 Å². The zero-order valence-electron chi connectivity index (χ0n) is 39.6. The number of fused-ring (bicyclic) bond motifs is 1. The van der Waals surface area contributed by atoms with Crippen molar-refractivity contribution in [3.63, 3.8) is 0 Å². The number of carbonyl (C=O) groups is 3. The highest BCUT2D eigenvalue weighted by atomic mass is 32.1. The van der Waals surface area contributed by atoms with Crippen molar-refractivity contribution in [3.05, 3.63) is 77.0 Å². The van der Waals surface area contributed by atoms with E-state index in [1.165, 1.54) is 9.25 Å². The number of rotatable bonds is 12. The molecule has 0 bridgehead atoms. The third kappa shape index (κ3) is 9.64. The summed E-state index contributed by atoms with van der Waals surface area (Å²) in [5.74, 6) is 0.614. The van der Waals surface area contributed by atoms with Crippen LogP contribution in [0.4, 0.5) is 16.5 Å². The average Bonchev–Trinajstić information content (AvgIpc) is 4.10. The second kappa shape index (κ2) is 19.7. The number of piperazine rings is 1. The van der Waals surface area contributed by atoms with Crippen LogP contribution in [-0.4, -0.2) is 145 Å². The molecule has 1 unspecified atom stereocenters. The topological polar surface area (TPSA) is 196 Å². The Morgan fingerprint density at radius 3 is 2.39 bits per heavy atom. The van der Waals surface area contributed by atoms with Gasteiger partial charge in [-0.3, -0.25) is 34.2 Å². The van der Waals surface area contributed by atoms with E-state index in [0.717, 1.165) is 127 Å². The summed E-state index contributed by atoms with van der Waals surface area (Å²) in [6.07, 6.45) is 9.89. The van der Waals surface area contributed by atoms with Gasteiger partial charge in [-0.15, -0.1) is 15.3 Å². The summed E-state index contributed by atoms with van der Waals surface area (Å²) in [6, 6.07) is 15.7. The van der Waals surface area contributed by atoms with Crippen LogP contribution in [-0.2, 0) is 21.4 Å². The summed E-state index contributed by atoms with van der Waals surface area (Å²) in [7, 11) is 3.40. The molecule has 1 aromatic carbocycles. The normalized spacial score (nSPS) is 19.1. The van der Waals surface area contributed by atoms with Gasteiger partial charge in [-0.2, -0.15) is 5.10 Å². The lowest BCUT2D eigenvalue weighted by Crippen LogP contribution is -2.52. The Hall–Kier alpha value is -6.80. The summed E-state index contributed by atoms with van der Waals surface area (Å²) in [6.45, 7) is 11.9. The van der Waals surface area contributed by atoms with Crippen molar-refractivity contribution in [2.75, 3.05) is 81.1 Å². The second-order valence-corrected chi connectivity index (χ2v) is 19.9. The van der Waals surface area contributed by atoms with Gasteiger partial charge in [0.15, 0.2) is 10.8 Å². The van der Waals surface area contributed by atoms with Crippen molar-refractivity contribution in [3.8, 4) is 33.3 Å². The van der Waals surface area contributed by atoms with Crippen molar-refractivity contribution >= 4 is 57.3 Å². The number of piperidine rings is 3. The summed E-state index contributed by atoms with van der Waals surface area (Å²) in [4.78, 5) is 69.2. The van der Waals surface area contributed by atoms with Crippen LogP contribution in [0.25, 0.3) is 38.9 Å². The molecule has 4 fully saturated rings. The van der Waals surface area contributed by atoms with Gasteiger partial charge in [0.2, 0.25) is 16.9 Å². The van der Waals surface area contributed by atoms with Crippen LogP contribution in [0.1, 0.15) is 64.0 Å². The van der Waals surface area contributed by atoms with Crippen LogP contribution in [0, 0.1) is 11.8 Å². The van der Waals surface area contributed by atoms with E-state index in [2.05, 4.69) is 87.7 Å². The fourth-order valence-corrected chi connectivity index (χ4v) is 11.1. The van der Waals surface area contributed by atoms with Gasteiger partial charge in [0.25, 0.3) is 5.91 Å². The Kier molecular flexibility index (Phi) is 13.1. The number of amides is 3. The second-order valence-electron chi connectivity index (χ2n) is 19.0. The lowest BCUT2D eigenvalue weighted by Gasteiger charge is -2.40.